The average Bonchev–Trinajstić information content (AvgIpc) is 3.42. The van der Waals surface area contributed by atoms with Crippen molar-refractivity contribution in [2.24, 2.45) is 0 Å². The molecule has 0 spiro atoms. The van der Waals surface area contributed by atoms with Gasteiger partial charge in [0.1, 0.15) is 11.5 Å². The van der Waals surface area contributed by atoms with Crippen LogP contribution in [0, 0.1) is 6.92 Å². The number of aryl methyl sites for hydroxylation is 1. The summed E-state index contributed by atoms with van der Waals surface area (Å²) >= 11 is 0. The van der Waals surface area contributed by atoms with Gasteiger partial charge in [-0.3, -0.25) is 4.90 Å². The number of carboxylic acid groups (broad SMARTS) is 1. The third kappa shape index (κ3) is 9.09. The Morgan fingerprint density at radius 2 is 1.86 bits per heavy atom. The molecule has 0 atom stereocenters. The molecule has 37 heavy (non-hydrogen) atoms. The summed E-state index contributed by atoms with van der Waals surface area (Å²) in [4.78, 5) is 16.4. The number of H-pyrrole nitrogens is 1. The van der Waals surface area contributed by atoms with Gasteiger partial charge in [0.05, 0.1) is 25.4 Å². The highest BCUT2D eigenvalue weighted by Crippen LogP contribution is 2.32. The third-order valence-electron chi connectivity index (χ3n) is 6.37. The van der Waals surface area contributed by atoms with Gasteiger partial charge >= 0.3 is 5.97 Å². The SMILES string of the molecule is CC.CCCCCOc1cccc(C(=O)O)c1.COc1cc(C)c2[nH]ccc2c1CN1CCC(O)CC1. The molecule has 0 aliphatic carbocycles. The van der Waals surface area contributed by atoms with E-state index < -0.39 is 5.97 Å². The minimum absolute atomic E-state index is 0.126. The minimum atomic E-state index is -0.922. The molecule has 1 aliphatic heterocycles. The Morgan fingerprint density at radius 3 is 2.51 bits per heavy atom. The van der Waals surface area contributed by atoms with Crippen molar-refractivity contribution in [2.75, 3.05) is 26.8 Å². The Labute approximate surface area is 221 Å². The Balaban J connectivity index is 0.000000254. The number of hydrogen-bond donors (Lipinski definition) is 3. The van der Waals surface area contributed by atoms with Gasteiger partial charge in [0.2, 0.25) is 0 Å². The first-order chi connectivity index (χ1) is 17.9. The predicted octanol–water partition coefficient (Wildman–Crippen LogP) is 6.42. The molecular formula is C30H44N2O5. The number of unbranched alkanes of at least 4 members (excludes halogenated alkanes) is 2. The number of nitrogens with zero attached hydrogens (tertiary/aromatic N) is 1. The number of ether oxygens (including phenoxy) is 2. The molecule has 2 aromatic carbocycles. The van der Waals surface area contributed by atoms with Gasteiger partial charge in [0.25, 0.3) is 0 Å². The van der Waals surface area contributed by atoms with Gasteiger partial charge in [-0.25, -0.2) is 4.79 Å². The maximum Gasteiger partial charge on any atom is 0.335 e. The van der Waals surface area contributed by atoms with Crippen LogP contribution in [0.25, 0.3) is 10.9 Å². The van der Waals surface area contributed by atoms with Crippen molar-refractivity contribution in [3.8, 4) is 11.5 Å². The number of aromatic nitrogens is 1. The van der Waals surface area contributed by atoms with E-state index in [-0.39, 0.29) is 11.7 Å². The zero-order valence-electron chi connectivity index (χ0n) is 23.0. The maximum absolute atomic E-state index is 10.7. The third-order valence-corrected chi connectivity index (χ3v) is 6.37. The lowest BCUT2D eigenvalue weighted by Crippen LogP contribution is -2.35. The summed E-state index contributed by atoms with van der Waals surface area (Å²) in [6.07, 6.45) is 6.89. The lowest BCUT2D eigenvalue weighted by Gasteiger charge is -2.30. The van der Waals surface area contributed by atoms with Gasteiger partial charge in [-0.2, -0.15) is 0 Å². The standard InChI is InChI=1S/C16H22N2O2.C12H16O3.C2H6/c1-11-9-15(20-2)14(13-3-6-17-16(11)13)10-18-7-4-12(19)5-8-18;1-2-3-4-8-15-11-7-5-6-10(9-11)12(13)14;1-2/h3,6,9,12,17,19H,4-5,7-8,10H2,1-2H3;5-7,9H,2-4,8H2,1H3,(H,13,14);1-2H3. The lowest BCUT2D eigenvalue weighted by atomic mass is 10.0. The number of carbonyl (C=O) groups is 1. The molecule has 0 radical (unpaired) electrons. The molecule has 1 aromatic heterocycles. The van der Waals surface area contributed by atoms with E-state index in [9.17, 15) is 9.90 Å². The first-order valence-electron chi connectivity index (χ1n) is 13.4. The number of likely N-dealkylation sites (tertiary alicyclic amines) is 1. The number of fused-ring (bicyclic) bond motifs is 1. The summed E-state index contributed by atoms with van der Waals surface area (Å²) in [5.74, 6) is 0.667. The van der Waals surface area contributed by atoms with Crippen LogP contribution in [0.5, 0.6) is 11.5 Å². The number of aromatic carboxylic acids is 1. The second-order valence-corrected chi connectivity index (χ2v) is 9.04. The molecule has 0 unspecified atom stereocenters. The van der Waals surface area contributed by atoms with E-state index in [2.05, 4.69) is 35.9 Å². The van der Waals surface area contributed by atoms with E-state index >= 15 is 0 Å². The highest BCUT2D eigenvalue weighted by molar-refractivity contribution is 5.88. The molecule has 3 N–H and O–H groups in total. The van der Waals surface area contributed by atoms with Crippen LogP contribution in [0.15, 0.2) is 42.6 Å². The number of hydrogen-bond acceptors (Lipinski definition) is 5. The predicted molar refractivity (Wildman–Crippen MR) is 150 cm³/mol. The molecule has 7 heteroatoms. The van der Waals surface area contributed by atoms with Gasteiger partial charge in [-0.15, -0.1) is 0 Å². The van der Waals surface area contributed by atoms with Gasteiger partial charge in [0.15, 0.2) is 0 Å². The Hall–Kier alpha value is -3.03. The fourth-order valence-electron chi connectivity index (χ4n) is 4.34. The molecule has 0 saturated carbocycles. The summed E-state index contributed by atoms with van der Waals surface area (Å²) in [6.45, 7) is 11.7. The zero-order chi connectivity index (χ0) is 27.2. The van der Waals surface area contributed by atoms with Gasteiger partial charge in [-0.1, -0.05) is 39.7 Å². The zero-order valence-corrected chi connectivity index (χ0v) is 23.0. The van der Waals surface area contributed by atoms with Crippen molar-refractivity contribution >= 4 is 16.9 Å². The summed E-state index contributed by atoms with van der Waals surface area (Å²) < 4.78 is 11.0. The number of nitrogens with one attached hydrogen (secondary N) is 1. The van der Waals surface area contributed by atoms with Crippen LogP contribution in [0.3, 0.4) is 0 Å². The highest BCUT2D eigenvalue weighted by Gasteiger charge is 2.20. The van der Waals surface area contributed by atoms with Crippen LogP contribution in [0.2, 0.25) is 0 Å². The number of aromatic amines is 1. The van der Waals surface area contributed by atoms with Crippen molar-refractivity contribution in [1.82, 2.24) is 9.88 Å². The molecule has 0 bridgehead atoms. The number of aliphatic hydroxyl groups excluding tert-OH is 1. The van der Waals surface area contributed by atoms with E-state index in [1.807, 2.05) is 20.0 Å². The van der Waals surface area contributed by atoms with E-state index in [0.29, 0.717) is 12.4 Å². The van der Waals surface area contributed by atoms with Crippen LogP contribution < -0.4 is 9.47 Å². The van der Waals surface area contributed by atoms with Crippen molar-refractivity contribution in [1.29, 1.82) is 0 Å². The van der Waals surface area contributed by atoms with E-state index in [0.717, 1.165) is 57.5 Å². The van der Waals surface area contributed by atoms with Gasteiger partial charge < -0.3 is 24.7 Å². The average molecular weight is 513 g/mol. The molecule has 204 valence electrons. The normalized spacial score (nSPS) is 13.8. The number of aliphatic hydroxyl groups is 1. The number of methoxy groups -OCH3 is 1. The van der Waals surface area contributed by atoms with E-state index in [1.165, 1.54) is 22.0 Å². The molecule has 3 aromatic rings. The van der Waals surface area contributed by atoms with Crippen molar-refractivity contribution in [3.05, 3.63) is 59.3 Å². The monoisotopic (exact) mass is 512 g/mol. The van der Waals surface area contributed by atoms with Crippen molar-refractivity contribution in [2.45, 2.75) is 72.4 Å². The van der Waals surface area contributed by atoms with E-state index in [1.54, 1.807) is 31.4 Å². The fraction of sp³-hybridized carbons (Fsp3) is 0.500. The first kappa shape index (κ1) is 30.2. The quantitative estimate of drug-likeness (QED) is 0.286. The maximum atomic E-state index is 10.7. The minimum Gasteiger partial charge on any atom is -0.496 e. The first-order valence-corrected chi connectivity index (χ1v) is 13.4. The summed E-state index contributed by atoms with van der Waals surface area (Å²) in [6, 6.07) is 10.8. The summed E-state index contributed by atoms with van der Waals surface area (Å²) in [5, 5.41) is 19.6. The molecule has 0 amide bonds. The largest absolute Gasteiger partial charge is 0.496 e. The molecule has 4 rings (SSSR count). The van der Waals surface area contributed by atoms with Gasteiger partial charge in [0, 0.05) is 42.3 Å². The van der Waals surface area contributed by atoms with Crippen molar-refractivity contribution in [3.63, 3.8) is 0 Å². The molecule has 1 aliphatic rings. The smallest absolute Gasteiger partial charge is 0.335 e. The second kappa shape index (κ2) is 15.9. The highest BCUT2D eigenvalue weighted by atomic mass is 16.5. The fourth-order valence-corrected chi connectivity index (χ4v) is 4.34. The molecule has 2 heterocycles. The molecule has 7 nitrogen and oxygen atoms in total. The van der Waals surface area contributed by atoms with Crippen LogP contribution in [0.4, 0.5) is 0 Å². The molecular weight excluding hydrogens is 468 g/mol. The van der Waals surface area contributed by atoms with Crippen LogP contribution in [-0.2, 0) is 6.54 Å². The Morgan fingerprint density at radius 1 is 1.14 bits per heavy atom. The summed E-state index contributed by atoms with van der Waals surface area (Å²) in [5.41, 5.74) is 3.91. The topological polar surface area (TPSA) is 95.0 Å². The van der Waals surface area contributed by atoms with Gasteiger partial charge in [-0.05, 0) is 62.1 Å². The Kier molecular flexibility index (Phi) is 13.0. The number of piperidine rings is 1. The van der Waals surface area contributed by atoms with Crippen LogP contribution >= 0.6 is 0 Å². The van der Waals surface area contributed by atoms with Crippen LogP contribution in [0.1, 0.15) is 74.4 Å². The molecule has 1 fully saturated rings. The van der Waals surface area contributed by atoms with Crippen molar-refractivity contribution < 1.29 is 24.5 Å². The number of benzene rings is 2. The lowest BCUT2D eigenvalue weighted by molar-refractivity contribution is 0.0696. The van der Waals surface area contributed by atoms with E-state index in [4.69, 9.17) is 14.6 Å². The second-order valence-electron chi connectivity index (χ2n) is 9.04. The van der Waals surface area contributed by atoms with Crippen LogP contribution in [-0.4, -0.2) is 59.0 Å². The Bertz CT molecular complexity index is 1090. The number of rotatable bonds is 9. The number of carboxylic acids is 1. The molecule has 1 saturated heterocycles. The summed E-state index contributed by atoms with van der Waals surface area (Å²) in [7, 11) is 1.73.